The largest absolute Gasteiger partial charge is 0.497 e. The summed E-state index contributed by atoms with van der Waals surface area (Å²) < 4.78 is 32.7. The van der Waals surface area contributed by atoms with E-state index in [0.29, 0.717) is 22.0 Å². The first-order chi connectivity index (χ1) is 14.8. The maximum atomic E-state index is 12.7. The predicted molar refractivity (Wildman–Crippen MR) is 124 cm³/mol. The number of ether oxygens (including phenoxy) is 1. The average Bonchev–Trinajstić information content (AvgIpc) is 3.12. The smallest absolute Gasteiger partial charge is 0.267 e. The number of unbranched alkanes of at least 4 members (excludes halogenated alkanes) is 1. The Morgan fingerprint density at radius 3 is 2.39 bits per heavy atom. The molecule has 1 aromatic heterocycles. The van der Waals surface area contributed by atoms with Gasteiger partial charge in [-0.15, -0.1) is 0 Å². The van der Waals surface area contributed by atoms with Gasteiger partial charge in [0.15, 0.2) is 5.13 Å². The topological polar surface area (TPSA) is 97.4 Å². The molecule has 0 atom stereocenters. The molecule has 0 spiro atoms. The monoisotopic (exact) mass is 459 g/mol. The second-order valence-electron chi connectivity index (χ2n) is 6.97. The summed E-state index contributed by atoms with van der Waals surface area (Å²) in [7, 11) is -2.32. The number of hydrogen-bond acceptors (Lipinski definition) is 6. The van der Waals surface area contributed by atoms with Crippen LogP contribution in [0.5, 0.6) is 5.75 Å². The second-order valence-corrected chi connectivity index (χ2v) is 9.65. The van der Waals surface area contributed by atoms with E-state index in [9.17, 15) is 13.2 Å². The van der Waals surface area contributed by atoms with Gasteiger partial charge in [0.25, 0.3) is 15.9 Å². The zero-order chi connectivity index (χ0) is 22.4. The molecule has 2 N–H and O–H groups in total. The molecule has 0 aliphatic heterocycles. The van der Waals surface area contributed by atoms with Gasteiger partial charge in [-0.05, 0) is 61.7 Å². The number of carbonyl (C=O) groups excluding carboxylic acids is 1. The Bertz CT molecular complexity index is 1140. The third-order valence-corrected chi connectivity index (χ3v) is 7.18. The molecular formula is C22H25N3O4S2. The zero-order valence-corrected chi connectivity index (χ0v) is 19.3. The summed E-state index contributed by atoms with van der Waals surface area (Å²) in [5.74, 6) is 0.229. The van der Waals surface area contributed by atoms with Crippen LogP contribution in [0.1, 0.15) is 40.7 Å². The van der Waals surface area contributed by atoms with Crippen molar-refractivity contribution in [1.82, 2.24) is 4.98 Å². The first-order valence-corrected chi connectivity index (χ1v) is 12.2. The standard InChI is InChI=1S/C22H25N3O4S2/c1-4-5-6-16-7-9-17(10-8-16)24-21(26)20-15(2)23-22(30-20)25-31(27,28)19-13-11-18(29-3)12-14-19/h7-14H,4-6H2,1-3H3,(H,23,25)(H,24,26). The summed E-state index contributed by atoms with van der Waals surface area (Å²) >= 11 is 0.992. The van der Waals surface area contributed by atoms with E-state index in [1.807, 2.05) is 24.3 Å². The van der Waals surface area contributed by atoms with Crippen LogP contribution in [0.4, 0.5) is 10.8 Å². The van der Waals surface area contributed by atoms with Crippen LogP contribution in [-0.4, -0.2) is 26.4 Å². The number of aromatic nitrogens is 1. The van der Waals surface area contributed by atoms with Crippen molar-refractivity contribution in [1.29, 1.82) is 0 Å². The normalized spacial score (nSPS) is 11.2. The van der Waals surface area contributed by atoms with Crippen LogP contribution in [0.25, 0.3) is 0 Å². The molecule has 0 saturated carbocycles. The Hall–Kier alpha value is -2.91. The van der Waals surface area contributed by atoms with Gasteiger partial charge in [0.05, 0.1) is 17.7 Å². The van der Waals surface area contributed by atoms with Gasteiger partial charge in [0.2, 0.25) is 0 Å². The molecule has 3 aromatic rings. The lowest BCUT2D eigenvalue weighted by Gasteiger charge is -2.06. The number of thiazole rings is 1. The zero-order valence-electron chi connectivity index (χ0n) is 17.6. The molecule has 3 rings (SSSR count). The Morgan fingerprint density at radius 1 is 1.10 bits per heavy atom. The quantitative estimate of drug-likeness (QED) is 0.476. The van der Waals surface area contributed by atoms with Crippen LogP contribution in [-0.2, 0) is 16.4 Å². The molecule has 2 aromatic carbocycles. The SMILES string of the molecule is CCCCc1ccc(NC(=O)c2sc(NS(=O)(=O)c3ccc(OC)cc3)nc2C)cc1. The summed E-state index contributed by atoms with van der Waals surface area (Å²) in [6, 6.07) is 13.7. The highest BCUT2D eigenvalue weighted by Gasteiger charge is 2.20. The number of carbonyl (C=O) groups is 1. The summed E-state index contributed by atoms with van der Waals surface area (Å²) in [6.45, 7) is 3.82. The number of hydrogen-bond donors (Lipinski definition) is 2. The lowest BCUT2D eigenvalue weighted by Crippen LogP contribution is -2.12. The van der Waals surface area contributed by atoms with E-state index < -0.39 is 10.0 Å². The van der Waals surface area contributed by atoms with Gasteiger partial charge in [-0.3, -0.25) is 9.52 Å². The summed E-state index contributed by atoms with van der Waals surface area (Å²) in [4.78, 5) is 17.3. The Kier molecular flexibility index (Phi) is 7.29. The van der Waals surface area contributed by atoms with Gasteiger partial charge in [-0.25, -0.2) is 13.4 Å². The molecule has 1 heterocycles. The Morgan fingerprint density at radius 2 is 1.77 bits per heavy atom. The number of aryl methyl sites for hydroxylation is 2. The minimum atomic E-state index is -3.83. The number of benzene rings is 2. The van der Waals surface area contributed by atoms with E-state index in [0.717, 1.165) is 30.6 Å². The van der Waals surface area contributed by atoms with Crippen molar-refractivity contribution in [3.63, 3.8) is 0 Å². The minimum absolute atomic E-state index is 0.0790. The van der Waals surface area contributed by atoms with Gasteiger partial charge in [0, 0.05) is 5.69 Å². The lowest BCUT2D eigenvalue weighted by atomic mass is 10.1. The van der Waals surface area contributed by atoms with E-state index >= 15 is 0 Å². The highest BCUT2D eigenvalue weighted by Crippen LogP contribution is 2.26. The van der Waals surface area contributed by atoms with Crippen molar-refractivity contribution in [2.75, 3.05) is 17.1 Å². The fourth-order valence-corrected chi connectivity index (χ4v) is 5.00. The predicted octanol–water partition coefficient (Wildman–Crippen LogP) is 4.86. The van der Waals surface area contributed by atoms with Crippen LogP contribution in [0.2, 0.25) is 0 Å². The molecule has 7 nitrogen and oxygen atoms in total. The maximum absolute atomic E-state index is 12.7. The fourth-order valence-electron chi connectivity index (χ4n) is 2.90. The van der Waals surface area contributed by atoms with E-state index in [4.69, 9.17) is 4.74 Å². The van der Waals surface area contributed by atoms with E-state index in [1.54, 1.807) is 19.1 Å². The number of rotatable bonds is 9. The Labute approximate surface area is 186 Å². The minimum Gasteiger partial charge on any atom is -0.497 e. The molecule has 0 saturated heterocycles. The van der Waals surface area contributed by atoms with Gasteiger partial charge in [0.1, 0.15) is 10.6 Å². The van der Waals surface area contributed by atoms with Crippen molar-refractivity contribution in [3.05, 3.63) is 64.7 Å². The molecule has 0 fully saturated rings. The molecular weight excluding hydrogens is 434 g/mol. The van der Waals surface area contributed by atoms with Crippen LogP contribution in [0.15, 0.2) is 53.4 Å². The van der Waals surface area contributed by atoms with Gasteiger partial charge in [-0.2, -0.15) is 0 Å². The van der Waals surface area contributed by atoms with Crippen molar-refractivity contribution in [2.24, 2.45) is 0 Å². The molecule has 9 heteroatoms. The molecule has 0 aliphatic rings. The first-order valence-electron chi connectivity index (χ1n) is 9.87. The van der Waals surface area contributed by atoms with Gasteiger partial charge in [-0.1, -0.05) is 36.8 Å². The molecule has 0 radical (unpaired) electrons. The van der Waals surface area contributed by atoms with E-state index in [2.05, 4.69) is 21.9 Å². The van der Waals surface area contributed by atoms with Crippen LogP contribution < -0.4 is 14.8 Å². The summed E-state index contributed by atoms with van der Waals surface area (Å²) in [5, 5.41) is 2.98. The van der Waals surface area contributed by atoms with E-state index in [-0.39, 0.29) is 15.9 Å². The molecule has 0 unspecified atom stereocenters. The van der Waals surface area contributed by atoms with Gasteiger partial charge >= 0.3 is 0 Å². The molecule has 31 heavy (non-hydrogen) atoms. The highest BCUT2D eigenvalue weighted by molar-refractivity contribution is 7.93. The number of sulfonamides is 1. The molecule has 164 valence electrons. The van der Waals surface area contributed by atoms with Crippen LogP contribution in [0, 0.1) is 6.92 Å². The van der Waals surface area contributed by atoms with E-state index in [1.165, 1.54) is 24.8 Å². The fraction of sp³-hybridized carbons (Fsp3) is 0.273. The number of methoxy groups -OCH3 is 1. The molecule has 0 aliphatic carbocycles. The third kappa shape index (κ3) is 5.83. The number of nitrogens with one attached hydrogen (secondary N) is 2. The highest BCUT2D eigenvalue weighted by atomic mass is 32.2. The van der Waals surface area contributed by atoms with Crippen LogP contribution >= 0.6 is 11.3 Å². The molecule has 0 bridgehead atoms. The number of anilines is 2. The van der Waals surface area contributed by atoms with Gasteiger partial charge < -0.3 is 10.1 Å². The average molecular weight is 460 g/mol. The van der Waals surface area contributed by atoms with Crippen molar-refractivity contribution in [3.8, 4) is 5.75 Å². The number of nitrogens with zero attached hydrogens (tertiary/aromatic N) is 1. The maximum Gasteiger partial charge on any atom is 0.267 e. The lowest BCUT2D eigenvalue weighted by molar-refractivity contribution is 0.103. The van der Waals surface area contributed by atoms with Crippen molar-refractivity contribution < 1.29 is 17.9 Å². The number of amides is 1. The Balaban J connectivity index is 1.70. The second kappa shape index (κ2) is 9.93. The third-order valence-electron chi connectivity index (χ3n) is 4.63. The summed E-state index contributed by atoms with van der Waals surface area (Å²) in [6.07, 6.45) is 3.27. The van der Waals surface area contributed by atoms with Crippen molar-refractivity contribution >= 4 is 38.1 Å². The molecule has 1 amide bonds. The van der Waals surface area contributed by atoms with Crippen molar-refractivity contribution in [2.45, 2.75) is 38.0 Å². The first kappa shape index (κ1) is 22.8. The van der Waals surface area contributed by atoms with Crippen LogP contribution in [0.3, 0.4) is 0 Å². The summed E-state index contributed by atoms with van der Waals surface area (Å²) in [5.41, 5.74) is 2.36.